The highest BCUT2D eigenvalue weighted by Crippen LogP contribution is 2.19. The molecule has 6 heteroatoms. The van der Waals surface area contributed by atoms with Crippen LogP contribution >= 0.6 is 0 Å². The average Bonchev–Trinajstić information content (AvgIpc) is 3.31. The molecule has 0 fully saturated rings. The Labute approximate surface area is 411 Å². The zero-order valence-electron chi connectivity index (χ0n) is 44.6. The summed E-state index contributed by atoms with van der Waals surface area (Å²) >= 11 is 0. The second-order valence-electron chi connectivity index (χ2n) is 20.4. The van der Waals surface area contributed by atoms with Gasteiger partial charge in [-0.05, 0) is 51.4 Å². The molecule has 0 saturated heterocycles. The molecule has 3 unspecified atom stereocenters. The van der Waals surface area contributed by atoms with Gasteiger partial charge in [0.15, 0.2) is 0 Å². The number of esters is 1. The normalized spacial score (nSPS) is 13.2. The third-order valence-electron chi connectivity index (χ3n) is 13.8. The maximum Gasteiger partial charge on any atom is 0.306 e. The van der Waals surface area contributed by atoms with E-state index in [0.29, 0.717) is 19.3 Å². The molecule has 0 heterocycles. The maximum absolute atomic E-state index is 13.3. The van der Waals surface area contributed by atoms with Gasteiger partial charge in [0.05, 0.1) is 25.2 Å². The number of unbranched alkanes of at least 4 members (excludes halogenated alkanes) is 39. The lowest BCUT2D eigenvalue weighted by Crippen LogP contribution is -2.46. The summed E-state index contributed by atoms with van der Waals surface area (Å²) in [4.78, 5) is 26.3. The molecule has 6 nitrogen and oxygen atoms in total. The lowest BCUT2D eigenvalue weighted by Gasteiger charge is -2.24. The van der Waals surface area contributed by atoms with Crippen LogP contribution in [-0.2, 0) is 14.3 Å². The van der Waals surface area contributed by atoms with Crippen LogP contribution in [0.25, 0.3) is 0 Å². The minimum absolute atomic E-state index is 0.0699. The van der Waals surface area contributed by atoms with E-state index in [1.165, 1.54) is 205 Å². The molecule has 0 aromatic rings. The van der Waals surface area contributed by atoms with E-state index in [0.717, 1.165) is 70.6 Å². The Bertz CT molecular complexity index is 1040. The molecule has 0 rings (SSSR count). The lowest BCUT2D eigenvalue weighted by molar-refractivity contribution is -0.151. The number of hydrogen-bond acceptors (Lipinski definition) is 5. The van der Waals surface area contributed by atoms with Gasteiger partial charge in [0, 0.05) is 6.42 Å². The third-order valence-corrected chi connectivity index (χ3v) is 13.8. The molecule has 0 aromatic carbocycles. The van der Waals surface area contributed by atoms with E-state index in [1.807, 2.05) is 0 Å². The monoisotopic (exact) mass is 930 g/mol. The topological polar surface area (TPSA) is 95.9 Å². The molecule has 0 aromatic heterocycles. The largest absolute Gasteiger partial charge is 0.462 e. The number of nitrogens with one attached hydrogen (secondary N) is 1. The molecule has 0 spiro atoms. The number of carbonyl (C=O) groups is 2. The van der Waals surface area contributed by atoms with Gasteiger partial charge in [0.2, 0.25) is 5.91 Å². The van der Waals surface area contributed by atoms with E-state index >= 15 is 0 Å². The van der Waals surface area contributed by atoms with Crippen LogP contribution in [0.15, 0.2) is 24.3 Å². The van der Waals surface area contributed by atoms with E-state index < -0.39 is 18.2 Å². The van der Waals surface area contributed by atoms with Gasteiger partial charge in [-0.2, -0.15) is 0 Å². The van der Waals surface area contributed by atoms with Crippen molar-refractivity contribution < 1.29 is 24.5 Å². The van der Waals surface area contributed by atoms with Crippen molar-refractivity contribution in [3.05, 3.63) is 24.3 Å². The number of allylic oxidation sites excluding steroid dienone is 4. The van der Waals surface area contributed by atoms with Crippen LogP contribution in [0.2, 0.25) is 0 Å². The number of carbonyl (C=O) groups excluding carboxylic acids is 2. The first-order valence-corrected chi connectivity index (χ1v) is 29.6. The fourth-order valence-corrected chi connectivity index (χ4v) is 9.31. The molecule has 0 radical (unpaired) electrons. The molecule has 66 heavy (non-hydrogen) atoms. The van der Waals surface area contributed by atoms with Crippen molar-refractivity contribution in [3.8, 4) is 0 Å². The van der Waals surface area contributed by atoms with Crippen molar-refractivity contribution in [1.82, 2.24) is 5.32 Å². The zero-order chi connectivity index (χ0) is 48.1. The third kappa shape index (κ3) is 48.8. The molecule has 0 saturated carbocycles. The summed E-state index contributed by atoms with van der Waals surface area (Å²) < 4.78 is 5.96. The summed E-state index contributed by atoms with van der Waals surface area (Å²) in [6.07, 6.45) is 63.9. The molecule has 0 aliphatic carbocycles. The van der Waals surface area contributed by atoms with Crippen molar-refractivity contribution in [2.24, 2.45) is 0 Å². The van der Waals surface area contributed by atoms with Crippen molar-refractivity contribution in [2.75, 3.05) is 6.61 Å². The number of amides is 1. The minimum atomic E-state index is -0.790. The van der Waals surface area contributed by atoms with Gasteiger partial charge in [-0.3, -0.25) is 9.59 Å². The van der Waals surface area contributed by atoms with Gasteiger partial charge in [-0.1, -0.05) is 283 Å². The summed E-state index contributed by atoms with van der Waals surface area (Å²) in [6, 6.07) is -0.704. The van der Waals surface area contributed by atoms with Crippen molar-refractivity contribution in [2.45, 2.75) is 341 Å². The maximum atomic E-state index is 13.3. The number of rotatable bonds is 54. The number of aliphatic hydroxyl groups excluding tert-OH is 2. The van der Waals surface area contributed by atoms with Crippen LogP contribution in [0.5, 0.6) is 0 Å². The SMILES string of the molecule is CCCCC/C=C/C=C/CCCCCCC(CC(=O)NC(CO)C(O)CCCCCCCCCCCCCCCCC)OC(=O)CCCCCCCCCCCCCCCCCCCCC. The molecular weight excluding hydrogens is 815 g/mol. The lowest BCUT2D eigenvalue weighted by atomic mass is 10.0. The first-order chi connectivity index (χ1) is 32.5. The van der Waals surface area contributed by atoms with Gasteiger partial charge >= 0.3 is 5.97 Å². The molecular formula is C60H115NO5. The number of ether oxygens (including phenoxy) is 1. The first-order valence-electron chi connectivity index (χ1n) is 29.6. The Morgan fingerprint density at radius 3 is 1.15 bits per heavy atom. The number of hydrogen-bond donors (Lipinski definition) is 3. The summed E-state index contributed by atoms with van der Waals surface area (Å²) in [5, 5.41) is 23.9. The van der Waals surface area contributed by atoms with Crippen LogP contribution in [-0.4, -0.2) is 46.9 Å². The Hall–Kier alpha value is -1.66. The zero-order valence-corrected chi connectivity index (χ0v) is 44.6. The Morgan fingerprint density at radius 1 is 0.439 bits per heavy atom. The fourth-order valence-electron chi connectivity index (χ4n) is 9.31. The summed E-state index contributed by atoms with van der Waals surface area (Å²) in [7, 11) is 0. The molecule has 0 bridgehead atoms. The van der Waals surface area contributed by atoms with Gasteiger partial charge in [-0.15, -0.1) is 0 Å². The van der Waals surface area contributed by atoms with Crippen molar-refractivity contribution >= 4 is 11.9 Å². The molecule has 0 aliphatic heterocycles. The smallest absolute Gasteiger partial charge is 0.306 e. The van der Waals surface area contributed by atoms with Crippen LogP contribution in [0.3, 0.4) is 0 Å². The summed E-state index contributed by atoms with van der Waals surface area (Å²) in [5.41, 5.74) is 0. The fraction of sp³-hybridized carbons (Fsp3) is 0.900. The standard InChI is InChI=1S/C60H115NO5/c1-4-7-10-13-16-19-22-25-27-28-29-30-32-35-38-41-44-47-50-53-60(65)66-56(51-48-45-42-39-36-33-24-21-18-15-12-9-6-3)54-59(64)61-57(55-62)58(63)52-49-46-43-40-37-34-31-26-23-20-17-14-11-8-5-2/h18,21,24,33,56-58,62-63H,4-17,19-20,22-23,25-32,34-55H2,1-3H3,(H,61,64)/b21-18+,33-24+. The highest BCUT2D eigenvalue weighted by atomic mass is 16.5. The molecule has 3 N–H and O–H groups in total. The van der Waals surface area contributed by atoms with E-state index in [4.69, 9.17) is 4.74 Å². The van der Waals surface area contributed by atoms with Gasteiger partial charge in [0.25, 0.3) is 0 Å². The quantitative estimate of drug-likeness (QED) is 0.0321. The van der Waals surface area contributed by atoms with Gasteiger partial charge in [-0.25, -0.2) is 0 Å². The van der Waals surface area contributed by atoms with E-state index in [1.54, 1.807) is 0 Å². The summed E-state index contributed by atoms with van der Waals surface area (Å²) in [5.74, 6) is -0.474. The van der Waals surface area contributed by atoms with E-state index in [9.17, 15) is 19.8 Å². The first kappa shape index (κ1) is 64.3. The van der Waals surface area contributed by atoms with Crippen LogP contribution < -0.4 is 5.32 Å². The Kier molecular flexibility index (Phi) is 52.9. The van der Waals surface area contributed by atoms with Crippen molar-refractivity contribution in [3.63, 3.8) is 0 Å². The van der Waals surface area contributed by atoms with Crippen molar-refractivity contribution in [1.29, 1.82) is 0 Å². The van der Waals surface area contributed by atoms with Crippen LogP contribution in [0.1, 0.15) is 323 Å². The van der Waals surface area contributed by atoms with Gasteiger partial charge < -0.3 is 20.3 Å². The second kappa shape index (κ2) is 54.3. The Morgan fingerprint density at radius 2 is 0.758 bits per heavy atom. The summed E-state index contributed by atoms with van der Waals surface area (Å²) in [6.45, 7) is 6.49. The highest BCUT2D eigenvalue weighted by molar-refractivity contribution is 5.77. The Balaban J connectivity index is 4.47. The van der Waals surface area contributed by atoms with E-state index in [2.05, 4.69) is 50.4 Å². The number of aliphatic hydroxyl groups is 2. The molecule has 0 aliphatic rings. The molecule has 390 valence electrons. The van der Waals surface area contributed by atoms with Gasteiger partial charge in [0.1, 0.15) is 6.10 Å². The minimum Gasteiger partial charge on any atom is -0.462 e. The molecule has 1 amide bonds. The molecule has 3 atom stereocenters. The highest BCUT2D eigenvalue weighted by Gasteiger charge is 2.24. The van der Waals surface area contributed by atoms with Crippen LogP contribution in [0.4, 0.5) is 0 Å². The average molecular weight is 931 g/mol. The second-order valence-corrected chi connectivity index (χ2v) is 20.4. The van der Waals surface area contributed by atoms with E-state index in [-0.39, 0.29) is 24.9 Å². The van der Waals surface area contributed by atoms with Crippen LogP contribution in [0, 0.1) is 0 Å². The predicted molar refractivity (Wildman–Crippen MR) is 287 cm³/mol. The predicted octanol–water partition coefficient (Wildman–Crippen LogP) is 18.2.